The molecular weight excluding hydrogens is 226 g/mol. The zero-order chi connectivity index (χ0) is 13.2. The van der Waals surface area contributed by atoms with E-state index in [1.807, 2.05) is 12.5 Å². The predicted molar refractivity (Wildman–Crippen MR) is 74.3 cm³/mol. The summed E-state index contributed by atoms with van der Waals surface area (Å²) in [7, 11) is 0. The van der Waals surface area contributed by atoms with Crippen molar-refractivity contribution in [2.45, 2.75) is 52.6 Å². The van der Waals surface area contributed by atoms with Crippen molar-refractivity contribution in [3.8, 4) is 0 Å². The normalized spacial score (nSPS) is 12.8. The molecule has 1 aromatic rings. The fraction of sp³-hybridized carbons (Fsp3) is 0.786. The summed E-state index contributed by atoms with van der Waals surface area (Å²) < 4.78 is 2.20. The monoisotopic (exact) mass is 253 g/mol. The van der Waals surface area contributed by atoms with E-state index in [-0.39, 0.29) is 0 Å². The summed E-state index contributed by atoms with van der Waals surface area (Å²) in [6, 6.07) is 0. The Morgan fingerprint density at radius 2 is 2.17 bits per heavy atom. The molecule has 1 aromatic heterocycles. The van der Waals surface area contributed by atoms with Gasteiger partial charge < -0.3 is 15.0 Å². The molecule has 0 saturated carbocycles. The molecule has 1 rings (SSSR count). The number of rotatable bonds is 10. The first-order valence-corrected chi connectivity index (χ1v) is 7.12. The third-order valence-corrected chi connectivity index (χ3v) is 3.24. The van der Waals surface area contributed by atoms with Crippen molar-refractivity contribution in [1.82, 2.24) is 14.9 Å². The lowest BCUT2D eigenvalue weighted by Crippen LogP contribution is -2.24. The first-order chi connectivity index (χ1) is 8.81. The summed E-state index contributed by atoms with van der Waals surface area (Å²) >= 11 is 0. The summed E-state index contributed by atoms with van der Waals surface area (Å²) in [6.45, 7) is 7.54. The minimum absolute atomic E-state index is 0.292. The fourth-order valence-electron chi connectivity index (χ4n) is 2.28. The number of aromatic nitrogens is 2. The van der Waals surface area contributed by atoms with Crippen LogP contribution in [0.4, 0.5) is 0 Å². The van der Waals surface area contributed by atoms with E-state index < -0.39 is 0 Å². The smallest absolute Gasteiger partial charge is 0.0948 e. The highest BCUT2D eigenvalue weighted by Crippen LogP contribution is 2.10. The lowest BCUT2D eigenvalue weighted by Gasteiger charge is -2.16. The maximum absolute atomic E-state index is 9.02. The van der Waals surface area contributed by atoms with E-state index >= 15 is 0 Å². The third kappa shape index (κ3) is 5.19. The Morgan fingerprint density at radius 3 is 2.83 bits per heavy atom. The largest absolute Gasteiger partial charge is 0.396 e. The van der Waals surface area contributed by atoms with Gasteiger partial charge in [0, 0.05) is 25.9 Å². The molecule has 0 saturated heterocycles. The first-order valence-electron chi connectivity index (χ1n) is 7.12. The molecule has 1 unspecified atom stereocenters. The number of aliphatic hydroxyl groups excluding tert-OH is 1. The zero-order valence-corrected chi connectivity index (χ0v) is 11.7. The van der Waals surface area contributed by atoms with Gasteiger partial charge in [-0.05, 0) is 31.7 Å². The minimum atomic E-state index is 0.292. The van der Waals surface area contributed by atoms with E-state index in [2.05, 4.69) is 28.7 Å². The molecule has 0 spiro atoms. The van der Waals surface area contributed by atoms with Crippen LogP contribution in [0.2, 0.25) is 0 Å². The van der Waals surface area contributed by atoms with Gasteiger partial charge >= 0.3 is 0 Å². The topological polar surface area (TPSA) is 50.1 Å². The second-order valence-electron chi connectivity index (χ2n) is 4.88. The average molecular weight is 253 g/mol. The van der Waals surface area contributed by atoms with Gasteiger partial charge in [-0.3, -0.25) is 0 Å². The van der Waals surface area contributed by atoms with Crippen LogP contribution in [0.3, 0.4) is 0 Å². The molecule has 2 N–H and O–H groups in total. The van der Waals surface area contributed by atoms with Gasteiger partial charge in [0.1, 0.15) is 0 Å². The van der Waals surface area contributed by atoms with E-state index in [9.17, 15) is 0 Å². The fourth-order valence-corrected chi connectivity index (χ4v) is 2.28. The van der Waals surface area contributed by atoms with Gasteiger partial charge in [0.15, 0.2) is 0 Å². The van der Waals surface area contributed by atoms with Crippen LogP contribution in [0, 0.1) is 5.92 Å². The van der Waals surface area contributed by atoms with Crippen molar-refractivity contribution in [2.24, 2.45) is 5.92 Å². The van der Waals surface area contributed by atoms with Crippen molar-refractivity contribution in [3.63, 3.8) is 0 Å². The van der Waals surface area contributed by atoms with E-state index in [1.165, 1.54) is 18.5 Å². The van der Waals surface area contributed by atoms with Gasteiger partial charge in [-0.2, -0.15) is 0 Å². The van der Waals surface area contributed by atoms with Gasteiger partial charge in [0.05, 0.1) is 12.0 Å². The second kappa shape index (κ2) is 9.11. The summed E-state index contributed by atoms with van der Waals surface area (Å²) in [6.07, 6.45) is 8.23. The van der Waals surface area contributed by atoms with Crippen LogP contribution in [0.1, 0.15) is 45.2 Å². The summed E-state index contributed by atoms with van der Waals surface area (Å²) in [5.41, 5.74) is 1.25. The Hall–Kier alpha value is -0.870. The Labute approximate surface area is 110 Å². The molecular formula is C14H27N3O. The van der Waals surface area contributed by atoms with Crippen LogP contribution in [-0.4, -0.2) is 27.8 Å². The van der Waals surface area contributed by atoms with Gasteiger partial charge in [-0.1, -0.05) is 20.3 Å². The van der Waals surface area contributed by atoms with Crippen molar-refractivity contribution < 1.29 is 5.11 Å². The van der Waals surface area contributed by atoms with Crippen LogP contribution in [0.25, 0.3) is 0 Å². The van der Waals surface area contributed by atoms with Gasteiger partial charge in [0.2, 0.25) is 0 Å². The Bertz CT molecular complexity index is 306. The number of hydrogen-bond donors (Lipinski definition) is 2. The lowest BCUT2D eigenvalue weighted by atomic mass is 10.0. The van der Waals surface area contributed by atoms with Crippen molar-refractivity contribution in [1.29, 1.82) is 0 Å². The lowest BCUT2D eigenvalue weighted by molar-refractivity contribution is 0.247. The molecule has 0 amide bonds. The summed E-state index contributed by atoms with van der Waals surface area (Å²) in [4.78, 5) is 4.19. The molecule has 0 aliphatic rings. The highest BCUT2D eigenvalue weighted by molar-refractivity contribution is 4.97. The number of hydrogen-bond acceptors (Lipinski definition) is 3. The van der Waals surface area contributed by atoms with Crippen LogP contribution >= 0.6 is 0 Å². The van der Waals surface area contributed by atoms with E-state index in [0.717, 1.165) is 32.5 Å². The molecule has 18 heavy (non-hydrogen) atoms. The molecule has 0 aliphatic carbocycles. The van der Waals surface area contributed by atoms with Crippen LogP contribution in [-0.2, 0) is 13.1 Å². The molecule has 0 aromatic carbocycles. The summed E-state index contributed by atoms with van der Waals surface area (Å²) in [5.74, 6) is 0.586. The molecule has 0 aliphatic heterocycles. The Kier molecular flexibility index (Phi) is 7.69. The standard InChI is InChI=1S/C14H27N3O/c1-3-5-13(6-8-18)9-15-10-14-11-16-12-17(14)7-4-2/h11-13,15,18H,3-10H2,1-2H3. The zero-order valence-electron chi connectivity index (χ0n) is 11.7. The number of imidazole rings is 1. The Balaban J connectivity index is 2.32. The number of nitrogens with zero attached hydrogens (tertiary/aromatic N) is 2. The van der Waals surface area contributed by atoms with E-state index in [0.29, 0.717) is 12.5 Å². The second-order valence-corrected chi connectivity index (χ2v) is 4.88. The quantitative estimate of drug-likeness (QED) is 0.672. The molecule has 104 valence electrons. The molecule has 4 heteroatoms. The highest BCUT2D eigenvalue weighted by Gasteiger charge is 2.07. The minimum Gasteiger partial charge on any atom is -0.396 e. The molecule has 0 radical (unpaired) electrons. The molecule has 1 atom stereocenters. The van der Waals surface area contributed by atoms with Crippen molar-refractivity contribution >= 4 is 0 Å². The maximum Gasteiger partial charge on any atom is 0.0948 e. The molecule has 4 nitrogen and oxygen atoms in total. The maximum atomic E-state index is 9.02. The van der Waals surface area contributed by atoms with E-state index in [1.54, 1.807) is 0 Å². The predicted octanol–water partition coefficient (Wildman–Crippen LogP) is 2.18. The highest BCUT2D eigenvalue weighted by atomic mass is 16.3. The van der Waals surface area contributed by atoms with Gasteiger partial charge in [-0.15, -0.1) is 0 Å². The summed E-state index contributed by atoms with van der Waals surface area (Å²) in [5, 5.41) is 12.5. The molecule has 0 fully saturated rings. The number of aliphatic hydroxyl groups is 1. The average Bonchev–Trinajstić information content (AvgIpc) is 2.78. The number of aryl methyl sites for hydroxylation is 1. The Morgan fingerprint density at radius 1 is 1.33 bits per heavy atom. The van der Waals surface area contributed by atoms with Crippen molar-refractivity contribution in [2.75, 3.05) is 13.2 Å². The van der Waals surface area contributed by atoms with E-state index in [4.69, 9.17) is 5.11 Å². The van der Waals surface area contributed by atoms with Crippen molar-refractivity contribution in [3.05, 3.63) is 18.2 Å². The van der Waals surface area contributed by atoms with Crippen LogP contribution in [0.15, 0.2) is 12.5 Å². The first kappa shape index (κ1) is 15.2. The third-order valence-electron chi connectivity index (χ3n) is 3.24. The molecule has 0 bridgehead atoms. The van der Waals surface area contributed by atoms with Crippen LogP contribution < -0.4 is 5.32 Å². The molecule has 1 heterocycles. The van der Waals surface area contributed by atoms with Gasteiger partial charge in [0.25, 0.3) is 0 Å². The number of nitrogens with one attached hydrogen (secondary N) is 1. The SMILES string of the molecule is CCCC(CCO)CNCc1cncn1CCC. The van der Waals surface area contributed by atoms with Gasteiger partial charge in [-0.25, -0.2) is 4.98 Å². The van der Waals surface area contributed by atoms with Crippen LogP contribution in [0.5, 0.6) is 0 Å².